The lowest BCUT2D eigenvalue weighted by molar-refractivity contribution is 0.0233. The molecular weight excluding hydrogens is 295 g/mol. The van der Waals surface area contributed by atoms with Crippen LogP contribution in [0.15, 0.2) is 12.1 Å². The van der Waals surface area contributed by atoms with Crippen molar-refractivity contribution in [3.8, 4) is 0 Å². The zero-order valence-electron chi connectivity index (χ0n) is 12.5. The third-order valence-electron chi connectivity index (χ3n) is 3.33. The van der Waals surface area contributed by atoms with Crippen LogP contribution in [0.3, 0.4) is 0 Å². The van der Waals surface area contributed by atoms with Crippen LogP contribution in [0, 0.1) is 5.82 Å². The second-order valence-corrected chi connectivity index (χ2v) is 6.63. The van der Waals surface area contributed by atoms with E-state index in [1.54, 1.807) is 20.8 Å². The molecule has 0 radical (unpaired) electrons. The van der Waals surface area contributed by atoms with E-state index < -0.39 is 23.6 Å². The Bertz CT molecular complexity index is 557. The minimum atomic E-state index is -0.596. The molecule has 4 nitrogen and oxygen atoms in total. The van der Waals surface area contributed by atoms with Gasteiger partial charge < -0.3 is 15.4 Å². The molecule has 0 aliphatic carbocycles. The Morgan fingerprint density at radius 3 is 2.76 bits per heavy atom. The van der Waals surface area contributed by atoms with Crippen LogP contribution in [-0.4, -0.2) is 23.1 Å². The molecule has 116 valence electrons. The Balaban J connectivity index is 2.31. The number of carbonyl (C=O) groups is 1. The first-order chi connectivity index (χ1) is 9.69. The molecule has 6 heteroatoms. The second kappa shape index (κ2) is 5.81. The lowest BCUT2D eigenvalue weighted by Crippen LogP contribution is -2.36. The van der Waals surface area contributed by atoms with Gasteiger partial charge in [0, 0.05) is 23.2 Å². The molecule has 2 rings (SSSR count). The highest BCUT2D eigenvalue weighted by Gasteiger charge is 2.29. The van der Waals surface area contributed by atoms with E-state index in [0.29, 0.717) is 29.1 Å². The fourth-order valence-corrected chi connectivity index (χ4v) is 2.68. The highest BCUT2D eigenvalue weighted by molar-refractivity contribution is 6.31. The van der Waals surface area contributed by atoms with Crippen LogP contribution in [0.5, 0.6) is 0 Å². The van der Waals surface area contributed by atoms with Crippen LogP contribution in [0.25, 0.3) is 0 Å². The fourth-order valence-electron chi connectivity index (χ4n) is 2.36. The Morgan fingerprint density at radius 2 is 2.14 bits per heavy atom. The Kier molecular flexibility index (Phi) is 4.44. The third kappa shape index (κ3) is 3.66. The van der Waals surface area contributed by atoms with Crippen molar-refractivity contribution in [1.29, 1.82) is 0 Å². The van der Waals surface area contributed by atoms with Gasteiger partial charge in [0.25, 0.3) is 0 Å². The molecular formula is C15H20ClFN2O2. The topological polar surface area (TPSA) is 55.6 Å². The van der Waals surface area contributed by atoms with Gasteiger partial charge in [-0.2, -0.15) is 0 Å². The van der Waals surface area contributed by atoms with Crippen LogP contribution >= 0.6 is 11.6 Å². The largest absolute Gasteiger partial charge is 0.444 e. The van der Waals surface area contributed by atoms with Crippen molar-refractivity contribution in [2.75, 3.05) is 6.54 Å². The van der Waals surface area contributed by atoms with Gasteiger partial charge in [-0.1, -0.05) is 11.6 Å². The van der Waals surface area contributed by atoms with E-state index in [9.17, 15) is 9.18 Å². The maximum Gasteiger partial charge on any atom is 0.410 e. The number of nitrogens with zero attached hydrogens (tertiary/aromatic N) is 1. The zero-order chi connectivity index (χ0) is 15.8. The molecule has 0 spiro atoms. The quantitative estimate of drug-likeness (QED) is 0.795. The molecule has 1 atom stereocenters. The van der Waals surface area contributed by atoms with Crippen molar-refractivity contribution in [1.82, 2.24) is 4.90 Å². The molecule has 0 aromatic heterocycles. The fraction of sp³-hybridized carbons (Fsp3) is 0.533. The van der Waals surface area contributed by atoms with E-state index >= 15 is 0 Å². The summed E-state index contributed by atoms with van der Waals surface area (Å²) in [6.45, 7) is 5.89. The summed E-state index contributed by atoms with van der Waals surface area (Å²) in [5.74, 6) is -0.402. The average Bonchev–Trinajstić information content (AvgIpc) is 2.52. The SMILES string of the molecule is CC(C)(C)OC(=O)N1CC[C@@H](N)c2c(Cl)ccc(F)c2C1. The number of carbonyl (C=O) groups excluding carboxylic acids is 1. The molecule has 0 saturated heterocycles. The number of rotatable bonds is 0. The van der Waals surface area contributed by atoms with Gasteiger partial charge in [0.15, 0.2) is 0 Å². The number of halogens is 2. The monoisotopic (exact) mass is 314 g/mol. The summed E-state index contributed by atoms with van der Waals surface area (Å²) in [5.41, 5.74) is 6.44. The van der Waals surface area contributed by atoms with Crippen LogP contribution in [0.4, 0.5) is 9.18 Å². The van der Waals surface area contributed by atoms with Gasteiger partial charge in [-0.05, 0) is 44.9 Å². The standard InChI is InChI=1S/C15H20ClFN2O2/c1-15(2,3)21-14(20)19-7-6-12(18)13-9(8-19)11(17)5-4-10(13)16/h4-5,12H,6-8,18H2,1-3H3/t12-/m1/s1. The molecule has 21 heavy (non-hydrogen) atoms. The van der Waals surface area contributed by atoms with Gasteiger partial charge in [0.05, 0.1) is 6.54 Å². The molecule has 1 aliphatic rings. The van der Waals surface area contributed by atoms with Crippen molar-refractivity contribution in [2.45, 2.75) is 45.4 Å². The minimum absolute atomic E-state index is 0.115. The minimum Gasteiger partial charge on any atom is -0.444 e. The first-order valence-corrected chi connectivity index (χ1v) is 7.27. The van der Waals surface area contributed by atoms with Crippen molar-refractivity contribution < 1.29 is 13.9 Å². The second-order valence-electron chi connectivity index (χ2n) is 6.22. The Labute approximate surface area is 129 Å². The van der Waals surface area contributed by atoms with E-state index in [-0.39, 0.29) is 6.54 Å². The molecule has 2 N–H and O–H groups in total. The smallest absolute Gasteiger partial charge is 0.410 e. The normalized spacial score (nSPS) is 19.0. The van der Waals surface area contributed by atoms with Gasteiger partial charge in [-0.3, -0.25) is 0 Å². The van der Waals surface area contributed by atoms with E-state index in [1.807, 2.05) is 0 Å². The molecule has 0 unspecified atom stereocenters. The average molecular weight is 315 g/mol. The predicted octanol–water partition coefficient (Wildman–Crippen LogP) is 3.62. The van der Waals surface area contributed by atoms with Crippen molar-refractivity contribution in [3.05, 3.63) is 34.1 Å². The maximum absolute atomic E-state index is 14.1. The third-order valence-corrected chi connectivity index (χ3v) is 3.66. The number of nitrogens with two attached hydrogens (primary N) is 1. The number of benzene rings is 1. The van der Waals surface area contributed by atoms with Crippen LogP contribution < -0.4 is 5.73 Å². The highest BCUT2D eigenvalue weighted by Crippen LogP contribution is 2.33. The van der Waals surface area contributed by atoms with E-state index in [4.69, 9.17) is 22.1 Å². The van der Waals surface area contributed by atoms with Crippen molar-refractivity contribution in [2.24, 2.45) is 5.73 Å². The van der Waals surface area contributed by atoms with Crippen LogP contribution in [0.2, 0.25) is 5.02 Å². The molecule has 1 aromatic carbocycles. The molecule has 1 amide bonds. The van der Waals surface area contributed by atoms with Gasteiger partial charge in [0.1, 0.15) is 11.4 Å². The van der Waals surface area contributed by atoms with E-state index in [2.05, 4.69) is 0 Å². The summed E-state index contributed by atoms with van der Waals surface area (Å²) >= 11 is 6.13. The first-order valence-electron chi connectivity index (χ1n) is 6.89. The van der Waals surface area contributed by atoms with Gasteiger partial charge in [-0.25, -0.2) is 9.18 Å². The molecule has 0 bridgehead atoms. The zero-order valence-corrected chi connectivity index (χ0v) is 13.2. The Hall–Kier alpha value is -1.33. The van der Waals surface area contributed by atoms with Crippen LogP contribution in [-0.2, 0) is 11.3 Å². The van der Waals surface area contributed by atoms with E-state index in [0.717, 1.165) is 0 Å². The predicted molar refractivity (Wildman–Crippen MR) is 79.6 cm³/mol. The summed E-state index contributed by atoms with van der Waals surface area (Å²) in [6.07, 6.45) is 0.0389. The number of amides is 1. The summed E-state index contributed by atoms with van der Waals surface area (Å²) in [7, 11) is 0. The highest BCUT2D eigenvalue weighted by atomic mass is 35.5. The van der Waals surface area contributed by atoms with Gasteiger partial charge in [0.2, 0.25) is 0 Å². The number of ether oxygens (including phenoxy) is 1. The molecule has 0 saturated carbocycles. The summed E-state index contributed by atoms with van der Waals surface area (Å²) in [5, 5.41) is 0.435. The van der Waals surface area contributed by atoms with E-state index in [1.165, 1.54) is 17.0 Å². The molecule has 1 aromatic rings. The van der Waals surface area contributed by atoms with Crippen LogP contribution in [0.1, 0.15) is 44.4 Å². The lowest BCUT2D eigenvalue weighted by Gasteiger charge is -2.26. The maximum atomic E-state index is 14.1. The van der Waals surface area contributed by atoms with Gasteiger partial charge >= 0.3 is 6.09 Å². The molecule has 1 heterocycles. The lowest BCUT2D eigenvalue weighted by atomic mass is 9.99. The first kappa shape index (κ1) is 16.0. The van der Waals surface area contributed by atoms with Crippen molar-refractivity contribution >= 4 is 17.7 Å². The number of hydrogen-bond donors (Lipinski definition) is 1. The molecule has 1 aliphatic heterocycles. The van der Waals surface area contributed by atoms with Gasteiger partial charge in [-0.15, -0.1) is 0 Å². The number of fused-ring (bicyclic) bond motifs is 1. The summed E-state index contributed by atoms with van der Waals surface area (Å²) in [6, 6.07) is 2.40. The molecule has 0 fully saturated rings. The van der Waals surface area contributed by atoms with Crippen molar-refractivity contribution in [3.63, 3.8) is 0 Å². The number of hydrogen-bond acceptors (Lipinski definition) is 3. The Morgan fingerprint density at radius 1 is 1.48 bits per heavy atom. The summed E-state index contributed by atoms with van der Waals surface area (Å²) < 4.78 is 19.4. The summed E-state index contributed by atoms with van der Waals surface area (Å²) in [4.78, 5) is 13.7.